The number of rotatable bonds is 11. The van der Waals surface area contributed by atoms with Gasteiger partial charge in [-0.1, -0.05) is 27.7 Å². The van der Waals surface area contributed by atoms with Gasteiger partial charge in [-0.05, 0) is 77.6 Å². The second kappa shape index (κ2) is 8.27. The van der Waals surface area contributed by atoms with Gasteiger partial charge in [0.1, 0.15) is 0 Å². The third-order valence-corrected chi connectivity index (χ3v) is 6.00. The monoisotopic (exact) mass is 358 g/mol. The van der Waals surface area contributed by atoms with Crippen molar-refractivity contribution in [1.29, 1.82) is 0 Å². The van der Waals surface area contributed by atoms with E-state index in [9.17, 15) is 0 Å². The van der Waals surface area contributed by atoms with Crippen LogP contribution in [0.3, 0.4) is 0 Å². The Morgan fingerprint density at radius 2 is 0.800 bits per heavy atom. The number of methoxy groups -OCH3 is 3. The lowest BCUT2D eigenvalue weighted by Gasteiger charge is -2.51. The summed E-state index contributed by atoms with van der Waals surface area (Å²) in [5.74, 6) is 0.457. The highest BCUT2D eigenvalue weighted by molar-refractivity contribution is 4.97. The van der Waals surface area contributed by atoms with Crippen LogP contribution < -0.4 is 0 Å². The van der Waals surface area contributed by atoms with E-state index in [2.05, 4.69) is 69.2 Å². The quantitative estimate of drug-likeness (QED) is 0.446. The molecule has 3 nitrogen and oxygen atoms in total. The molecule has 3 heteroatoms. The van der Waals surface area contributed by atoms with Crippen LogP contribution >= 0.6 is 0 Å². The van der Waals surface area contributed by atoms with E-state index in [0.29, 0.717) is 5.92 Å². The molecule has 152 valence electrons. The van der Waals surface area contributed by atoms with Crippen molar-refractivity contribution in [3.63, 3.8) is 0 Å². The SMILES string of the molecule is COC(C)(C)CC(C(C)(C)CC(C)(C)OC)C(C)(C)CC(C)(C)OC. The summed E-state index contributed by atoms with van der Waals surface area (Å²) < 4.78 is 17.3. The third kappa shape index (κ3) is 7.97. The molecular formula is C22H46O3. The first-order valence-electron chi connectivity index (χ1n) is 9.59. The Morgan fingerprint density at radius 1 is 0.520 bits per heavy atom. The average molecular weight is 359 g/mol. The van der Waals surface area contributed by atoms with Crippen molar-refractivity contribution < 1.29 is 14.2 Å². The van der Waals surface area contributed by atoms with Crippen LogP contribution in [0.4, 0.5) is 0 Å². The molecule has 0 amide bonds. The van der Waals surface area contributed by atoms with Crippen LogP contribution in [0, 0.1) is 16.7 Å². The zero-order valence-corrected chi connectivity index (χ0v) is 19.4. The maximum absolute atomic E-state index is 5.81. The minimum absolute atomic E-state index is 0.0998. The fourth-order valence-electron chi connectivity index (χ4n) is 4.77. The Balaban J connectivity index is 5.84. The Hall–Kier alpha value is -0.120. The summed E-state index contributed by atoms with van der Waals surface area (Å²) in [6.07, 6.45) is 3.00. The fraction of sp³-hybridized carbons (Fsp3) is 1.00. The van der Waals surface area contributed by atoms with Crippen molar-refractivity contribution >= 4 is 0 Å². The maximum Gasteiger partial charge on any atom is 0.0627 e. The van der Waals surface area contributed by atoms with Crippen molar-refractivity contribution in [2.75, 3.05) is 21.3 Å². The van der Waals surface area contributed by atoms with E-state index in [0.717, 1.165) is 19.3 Å². The molecule has 0 aliphatic heterocycles. The van der Waals surface area contributed by atoms with E-state index in [1.54, 1.807) is 0 Å². The van der Waals surface area contributed by atoms with E-state index >= 15 is 0 Å². The summed E-state index contributed by atoms with van der Waals surface area (Å²) in [5, 5.41) is 0. The molecule has 0 heterocycles. The number of ether oxygens (including phenoxy) is 3. The van der Waals surface area contributed by atoms with Gasteiger partial charge in [0, 0.05) is 21.3 Å². The van der Waals surface area contributed by atoms with Gasteiger partial charge in [0.25, 0.3) is 0 Å². The second-order valence-corrected chi connectivity index (χ2v) is 11.0. The summed E-state index contributed by atoms with van der Waals surface area (Å²) in [6, 6.07) is 0. The zero-order chi connectivity index (χ0) is 20.3. The predicted octanol–water partition coefficient (Wildman–Crippen LogP) is 6.10. The Morgan fingerprint density at radius 3 is 1.04 bits per heavy atom. The van der Waals surface area contributed by atoms with Crippen molar-refractivity contribution in [2.45, 2.75) is 105 Å². The number of hydrogen-bond donors (Lipinski definition) is 0. The highest BCUT2D eigenvalue weighted by Crippen LogP contribution is 2.52. The molecule has 0 unspecified atom stereocenters. The highest BCUT2D eigenvalue weighted by Gasteiger charge is 2.47. The molecule has 25 heavy (non-hydrogen) atoms. The van der Waals surface area contributed by atoms with E-state index in [4.69, 9.17) is 14.2 Å². The van der Waals surface area contributed by atoms with E-state index in [1.807, 2.05) is 21.3 Å². The lowest BCUT2D eigenvalue weighted by molar-refractivity contribution is -0.101. The van der Waals surface area contributed by atoms with Gasteiger partial charge in [-0.2, -0.15) is 0 Å². The summed E-state index contributed by atoms with van der Waals surface area (Å²) >= 11 is 0. The standard InChI is InChI=1S/C22H46O3/c1-18(2,15-21(7,8)24-12)17(14-20(5,6)23-11)19(3,4)16-22(9,10)25-13/h17H,14-16H2,1-13H3. The Labute approximate surface area is 158 Å². The predicted molar refractivity (Wildman–Crippen MR) is 108 cm³/mol. The van der Waals surface area contributed by atoms with E-state index in [-0.39, 0.29) is 27.6 Å². The molecule has 0 rings (SSSR count). The molecular weight excluding hydrogens is 312 g/mol. The molecule has 0 atom stereocenters. The van der Waals surface area contributed by atoms with Crippen LogP contribution in [0.1, 0.15) is 88.5 Å². The van der Waals surface area contributed by atoms with Crippen LogP contribution in [0.15, 0.2) is 0 Å². The molecule has 0 saturated heterocycles. The van der Waals surface area contributed by atoms with Crippen LogP contribution in [0.2, 0.25) is 0 Å². The normalized spacial score (nSPS) is 15.1. The van der Waals surface area contributed by atoms with E-state index < -0.39 is 0 Å². The van der Waals surface area contributed by atoms with Crippen LogP contribution in [0.25, 0.3) is 0 Å². The third-order valence-electron chi connectivity index (χ3n) is 6.00. The van der Waals surface area contributed by atoms with Gasteiger partial charge in [0.15, 0.2) is 0 Å². The van der Waals surface area contributed by atoms with Gasteiger partial charge in [0.05, 0.1) is 16.8 Å². The first-order valence-corrected chi connectivity index (χ1v) is 9.59. The van der Waals surface area contributed by atoms with E-state index in [1.165, 1.54) is 0 Å². The average Bonchev–Trinajstić information content (AvgIpc) is 2.42. The second-order valence-electron chi connectivity index (χ2n) is 11.0. The van der Waals surface area contributed by atoms with Crippen LogP contribution in [-0.2, 0) is 14.2 Å². The molecule has 0 radical (unpaired) electrons. The molecule has 0 aromatic carbocycles. The van der Waals surface area contributed by atoms with Gasteiger partial charge >= 0.3 is 0 Å². The van der Waals surface area contributed by atoms with Gasteiger partial charge in [-0.25, -0.2) is 0 Å². The van der Waals surface area contributed by atoms with Crippen LogP contribution in [-0.4, -0.2) is 38.1 Å². The summed E-state index contributed by atoms with van der Waals surface area (Å²) in [6.45, 7) is 22.6. The topological polar surface area (TPSA) is 27.7 Å². The van der Waals surface area contributed by atoms with Crippen molar-refractivity contribution in [2.24, 2.45) is 16.7 Å². The van der Waals surface area contributed by atoms with Crippen molar-refractivity contribution in [1.82, 2.24) is 0 Å². The summed E-state index contributed by atoms with van der Waals surface area (Å²) in [7, 11) is 5.43. The van der Waals surface area contributed by atoms with Gasteiger partial charge in [-0.3, -0.25) is 0 Å². The first-order chi connectivity index (χ1) is 10.9. The van der Waals surface area contributed by atoms with Gasteiger partial charge in [0.2, 0.25) is 0 Å². The molecule has 0 spiro atoms. The molecule has 0 aliphatic rings. The molecule has 0 saturated carbocycles. The molecule has 0 bridgehead atoms. The fourth-order valence-corrected chi connectivity index (χ4v) is 4.77. The highest BCUT2D eigenvalue weighted by atomic mass is 16.5. The minimum atomic E-state index is -0.159. The zero-order valence-electron chi connectivity index (χ0n) is 19.4. The van der Waals surface area contributed by atoms with Gasteiger partial charge in [-0.15, -0.1) is 0 Å². The largest absolute Gasteiger partial charge is 0.379 e. The van der Waals surface area contributed by atoms with Crippen LogP contribution in [0.5, 0.6) is 0 Å². The molecule has 0 aliphatic carbocycles. The minimum Gasteiger partial charge on any atom is -0.379 e. The number of hydrogen-bond acceptors (Lipinski definition) is 3. The molecule has 0 N–H and O–H groups in total. The molecule has 0 aromatic heterocycles. The van der Waals surface area contributed by atoms with Crippen molar-refractivity contribution in [3.8, 4) is 0 Å². The van der Waals surface area contributed by atoms with Gasteiger partial charge < -0.3 is 14.2 Å². The summed E-state index contributed by atoms with van der Waals surface area (Å²) in [4.78, 5) is 0. The lowest BCUT2D eigenvalue weighted by Crippen LogP contribution is -2.47. The maximum atomic E-state index is 5.81. The molecule has 0 aromatic rings. The van der Waals surface area contributed by atoms with Crippen molar-refractivity contribution in [3.05, 3.63) is 0 Å². The Kier molecular flexibility index (Phi) is 8.23. The Bertz CT molecular complexity index is 375. The smallest absolute Gasteiger partial charge is 0.0627 e. The lowest BCUT2D eigenvalue weighted by atomic mass is 9.57. The summed E-state index contributed by atoms with van der Waals surface area (Å²) in [5.41, 5.74) is -0.253. The first kappa shape index (κ1) is 24.9. The molecule has 0 fully saturated rings.